The van der Waals surface area contributed by atoms with Crippen molar-refractivity contribution >= 4 is 32.0 Å². The highest BCUT2D eigenvalue weighted by atomic mass is 28.3. The summed E-state index contributed by atoms with van der Waals surface area (Å²) in [5.74, 6) is 7.12. The Morgan fingerprint density at radius 3 is 1.65 bits per heavy atom. The minimum absolute atomic E-state index is 0.0527. The summed E-state index contributed by atoms with van der Waals surface area (Å²) in [4.78, 5) is 44.2. The SMILES string of the molecule is CC1C(=O)OC(=O)C1C.CC1C2CC(C(=O)OC3COC(=O)C3)C(C2)C1C.CC1CC2CC1C(C)C2C.CCC(C)C[Si](C)(C)C. The van der Waals surface area contributed by atoms with Crippen LogP contribution in [-0.2, 0) is 33.4 Å². The molecule has 0 aromatic rings. The Bertz CT molecular complexity index is 1050. The lowest BCUT2D eigenvalue weighted by Crippen LogP contribution is -2.33. The molecule has 6 rings (SSSR count). The molecule has 14 unspecified atom stereocenters. The molecule has 0 aromatic heterocycles. The first kappa shape index (κ1) is 38.7. The minimum Gasteiger partial charge on any atom is -0.462 e. The van der Waals surface area contributed by atoms with Gasteiger partial charge in [0.15, 0.2) is 0 Å². The van der Waals surface area contributed by atoms with Crippen molar-refractivity contribution in [3.8, 4) is 0 Å². The van der Waals surface area contributed by atoms with Crippen molar-refractivity contribution in [1.82, 2.24) is 0 Å². The smallest absolute Gasteiger partial charge is 0.317 e. The summed E-state index contributed by atoms with van der Waals surface area (Å²) in [6, 6.07) is 1.49. The van der Waals surface area contributed by atoms with Gasteiger partial charge in [0, 0.05) is 8.07 Å². The van der Waals surface area contributed by atoms with Gasteiger partial charge in [0.2, 0.25) is 0 Å². The molecule has 0 N–H and O–H groups in total. The van der Waals surface area contributed by atoms with Gasteiger partial charge in [-0.25, -0.2) is 0 Å². The largest absolute Gasteiger partial charge is 0.462 e. The van der Waals surface area contributed by atoms with Gasteiger partial charge in [-0.3, -0.25) is 19.2 Å². The maximum absolute atomic E-state index is 12.2. The Morgan fingerprint density at radius 2 is 1.33 bits per heavy atom. The first-order chi connectivity index (χ1) is 21.3. The van der Waals surface area contributed by atoms with Gasteiger partial charge in [-0.2, -0.15) is 0 Å². The van der Waals surface area contributed by atoms with E-state index >= 15 is 0 Å². The number of esters is 4. The third-order valence-corrected chi connectivity index (χ3v) is 14.8. The van der Waals surface area contributed by atoms with E-state index in [2.05, 4.69) is 72.8 Å². The second kappa shape index (κ2) is 16.1. The summed E-state index contributed by atoms with van der Waals surface area (Å²) in [7, 11) is -0.741. The lowest BCUT2D eigenvalue weighted by Gasteiger charge is -2.30. The molecule has 0 radical (unpaired) electrons. The molecule has 0 amide bonds. The fraction of sp³-hybridized carbons (Fsp3) is 0.895. The predicted octanol–water partition coefficient (Wildman–Crippen LogP) is 8.42. The van der Waals surface area contributed by atoms with Crippen LogP contribution in [0.25, 0.3) is 0 Å². The predicted molar refractivity (Wildman–Crippen MR) is 184 cm³/mol. The van der Waals surface area contributed by atoms with Crippen molar-refractivity contribution in [2.45, 2.75) is 133 Å². The first-order valence-electron chi connectivity index (χ1n) is 18.5. The Kier molecular flexibility index (Phi) is 13.6. The van der Waals surface area contributed by atoms with E-state index in [-0.39, 0.29) is 48.8 Å². The topological polar surface area (TPSA) is 96.0 Å². The Labute approximate surface area is 281 Å². The number of fused-ring (bicyclic) bond motifs is 4. The molecule has 8 heteroatoms. The quantitative estimate of drug-likeness (QED) is 0.126. The van der Waals surface area contributed by atoms with Gasteiger partial charge >= 0.3 is 23.9 Å². The summed E-state index contributed by atoms with van der Waals surface area (Å²) < 4.78 is 14.5. The summed E-state index contributed by atoms with van der Waals surface area (Å²) in [6.45, 7) is 27.5. The van der Waals surface area contributed by atoms with Crippen LogP contribution in [0.3, 0.4) is 0 Å². The number of carbonyl (C=O) groups is 4. The molecular weight excluding hydrogens is 596 g/mol. The standard InChI is InChI=1S/C14H20O4.C10H18.C8H20Si.C6H8O3/c1-7-8(2)11-3-9(7)4-12(11)14(16)18-10-5-13(15)17-6-10;1-6-4-9-5-10(6)8(3)7(9)2;1-6-8(2)7-9(3,4)5;1-3-4(2)6(8)9-5(3)7/h7-12H,3-6H2,1-2H3;6-10H,4-5H2,1-3H3;8H,6-7H2,1-5H3;3-4H,1-2H3. The van der Waals surface area contributed by atoms with Crippen LogP contribution in [0.15, 0.2) is 0 Å². The Morgan fingerprint density at radius 1 is 0.804 bits per heavy atom. The molecule has 2 saturated heterocycles. The minimum atomic E-state index is -0.741. The molecule has 4 saturated carbocycles. The van der Waals surface area contributed by atoms with Gasteiger partial charge in [-0.05, 0) is 84.9 Å². The van der Waals surface area contributed by atoms with Gasteiger partial charge in [0.25, 0.3) is 0 Å². The molecule has 4 aliphatic carbocycles. The van der Waals surface area contributed by atoms with Gasteiger partial charge in [-0.15, -0.1) is 0 Å². The maximum atomic E-state index is 12.2. The maximum Gasteiger partial charge on any atom is 0.317 e. The molecule has 4 bridgehead atoms. The van der Waals surface area contributed by atoms with Gasteiger partial charge in [-0.1, -0.05) is 94.4 Å². The second-order valence-electron chi connectivity index (χ2n) is 17.4. The van der Waals surface area contributed by atoms with Crippen LogP contribution < -0.4 is 0 Å². The summed E-state index contributed by atoms with van der Waals surface area (Å²) >= 11 is 0. The molecule has 0 spiro atoms. The highest BCUT2D eigenvalue weighted by molar-refractivity contribution is 6.76. The molecular formula is C38H66O7Si. The molecule has 264 valence electrons. The van der Waals surface area contributed by atoms with Gasteiger partial charge in [0.1, 0.15) is 12.7 Å². The molecule has 0 aromatic carbocycles. The fourth-order valence-corrected chi connectivity index (χ4v) is 11.6. The zero-order valence-corrected chi connectivity index (χ0v) is 32.1. The van der Waals surface area contributed by atoms with E-state index in [1.807, 2.05) is 0 Å². The van der Waals surface area contributed by atoms with Crippen molar-refractivity contribution < 1.29 is 33.4 Å². The van der Waals surface area contributed by atoms with Crippen molar-refractivity contribution in [3.63, 3.8) is 0 Å². The molecule has 2 aliphatic heterocycles. The van der Waals surface area contributed by atoms with Crippen LogP contribution in [0.2, 0.25) is 25.7 Å². The van der Waals surface area contributed by atoms with E-state index in [1.165, 1.54) is 25.3 Å². The molecule has 7 nitrogen and oxygen atoms in total. The third-order valence-electron chi connectivity index (χ3n) is 12.9. The van der Waals surface area contributed by atoms with E-state index in [9.17, 15) is 19.2 Å². The van der Waals surface area contributed by atoms with Crippen molar-refractivity contribution in [3.05, 3.63) is 0 Å². The summed E-state index contributed by atoms with van der Waals surface area (Å²) in [5, 5.41) is 0. The Balaban J connectivity index is 0.000000178. The lowest BCUT2D eigenvalue weighted by molar-refractivity contribution is -0.157. The number of ether oxygens (including phenoxy) is 3. The number of rotatable bonds is 5. The average Bonchev–Trinajstić information content (AvgIpc) is 3.82. The van der Waals surface area contributed by atoms with Gasteiger partial charge < -0.3 is 14.2 Å². The van der Waals surface area contributed by atoms with Crippen LogP contribution in [0.5, 0.6) is 0 Å². The van der Waals surface area contributed by atoms with Crippen LogP contribution >= 0.6 is 0 Å². The van der Waals surface area contributed by atoms with Crippen LogP contribution in [0.4, 0.5) is 0 Å². The monoisotopic (exact) mass is 662 g/mol. The number of carbonyl (C=O) groups excluding carboxylic acids is 4. The molecule has 2 heterocycles. The van der Waals surface area contributed by atoms with Crippen molar-refractivity contribution in [1.29, 1.82) is 0 Å². The van der Waals surface area contributed by atoms with Gasteiger partial charge in [0.05, 0.1) is 24.2 Å². The van der Waals surface area contributed by atoms with E-state index < -0.39 is 20.0 Å². The number of hydrogen-bond donors (Lipinski definition) is 0. The second-order valence-corrected chi connectivity index (χ2v) is 22.9. The molecule has 46 heavy (non-hydrogen) atoms. The number of cyclic esters (lactones) is 3. The van der Waals surface area contributed by atoms with E-state index in [0.717, 1.165) is 47.8 Å². The van der Waals surface area contributed by atoms with E-state index in [4.69, 9.17) is 9.47 Å². The van der Waals surface area contributed by atoms with Crippen molar-refractivity contribution in [2.24, 2.45) is 76.9 Å². The van der Waals surface area contributed by atoms with E-state index in [1.54, 1.807) is 20.3 Å². The van der Waals surface area contributed by atoms with E-state index in [0.29, 0.717) is 17.8 Å². The molecule has 6 fully saturated rings. The lowest BCUT2D eigenvalue weighted by atomic mass is 9.76. The average molecular weight is 663 g/mol. The van der Waals surface area contributed by atoms with Crippen LogP contribution in [0, 0.1) is 76.9 Å². The van der Waals surface area contributed by atoms with Crippen LogP contribution in [-0.4, -0.2) is 44.7 Å². The third kappa shape index (κ3) is 9.69. The zero-order valence-electron chi connectivity index (χ0n) is 31.1. The van der Waals surface area contributed by atoms with Crippen LogP contribution in [0.1, 0.15) is 101 Å². The zero-order chi connectivity index (χ0) is 34.7. The summed E-state index contributed by atoms with van der Waals surface area (Å²) in [6.07, 6.45) is 6.43. The fourth-order valence-electron chi connectivity index (χ4n) is 9.22. The molecule has 14 atom stereocenters. The normalized spacial score (nSPS) is 41.0. The number of hydrogen-bond acceptors (Lipinski definition) is 7. The highest BCUT2D eigenvalue weighted by Crippen LogP contribution is 2.56. The Hall–Kier alpha value is -1.70. The summed E-state index contributed by atoms with van der Waals surface area (Å²) in [5.41, 5.74) is 0. The first-order valence-corrected chi connectivity index (χ1v) is 22.2. The molecule has 6 aliphatic rings. The van der Waals surface area contributed by atoms with Crippen molar-refractivity contribution in [2.75, 3.05) is 6.61 Å². The highest BCUT2D eigenvalue weighted by Gasteiger charge is 2.52.